The molecule has 2 aromatic rings. The van der Waals surface area contributed by atoms with Gasteiger partial charge in [0.2, 0.25) is 0 Å². The molecule has 0 aliphatic heterocycles. The molecule has 26 heavy (non-hydrogen) atoms. The Hall–Kier alpha value is -3.02. The minimum Gasteiger partial charge on any atom is -0.504 e. The van der Waals surface area contributed by atoms with Crippen LogP contribution >= 0.6 is 0 Å². The second-order valence-electron chi connectivity index (χ2n) is 6.48. The van der Waals surface area contributed by atoms with E-state index in [1.165, 1.54) is 18.3 Å². The number of rotatable bonds is 6. The number of phenols is 2. The third-order valence-corrected chi connectivity index (χ3v) is 3.82. The van der Waals surface area contributed by atoms with E-state index in [2.05, 4.69) is 30.4 Å². The van der Waals surface area contributed by atoms with Crippen molar-refractivity contribution in [3.8, 4) is 17.2 Å². The van der Waals surface area contributed by atoms with Crippen LogP contribution in [0.3, 0.4) is 0 Å². The first-order valence-electron chi connectivity index (χ1n) is 8.35. The molecule has 0 saturated carbocycles. The lowest BCUT2D eigenvalue weighted by molar-refractivity contribution is -0.123. The molecule has 0 fully saturated rings. The second kappa shape index (κ2) is 8.38. The fourth-order valence-electron chi connectivity index (χ4n) is 2.58. The number of hydrogen-bond acceptors (Lipinski definition) is 5. The largest absolute Gasteiger partial charge is 0.504 e. The van der Waals surface area contributed by atoms with Crippen LogP contribution in [0.15, 0.2) is 35.4 Å². The van der Waals surface area contributed by atoms with Crippen LogP contribution in [0.25, 0.3) is 0 Å². The van der Waals surface area contributed by atoms with Gasteiger partial charge in [0, 0.05) is 0 Å². The summed E-state index contributed by atoms with van der Waals surface area (Å²) in [7, 11) is 0. The molecule has 0 aromatic heterocycles. The molecule has 6 heteroatoms. The number of benzene rings is 2. The molecular weight excluding hydrogens is 332 g/mol. The molecule has 0 bridgehead atoms. The van der Waals surface area contributed by atoms with E-state index in [-0.39, 0.29) is 29.9 Å². The van der Waals surface area contributed by atoms with Gasteiger partial charge in [-0.2, -0.15) is 5.10 Å². The Kier molecular flexibility index (Phi) is 6.22. The monoisotopic (exact) mass is 356 g/mol. The lowest BCUT2D eigenvalue weighted by Crippen LogP contribution is -2.25. The van der Waals surface area contributed by atoms with Gasteiger partial charge < -0.3 is 14.9 Å². The summed E-state index contributed by atoms with van der Waals surface area (Å²) in [6.45, 7) is 8.01. The normalized spacial score (nSPS) is 11.1. The summed E-state index contributed by atoms with van der Waals surface area (Å²) in [6.07, 6.45) is 1.37. The van der Waals surface area contributed by atoms with Crippen molar-refractivity contribution in [1.82, 2.24) is 5.43 Å². The van der Waals surface area contributed by atoms with Crippen molar-refractivity contribution >= 4 is 12.1 Å². The van der Waals surface area contributed by atoms with Crippen molar-refractivity contribution < 1.29 is 19.7 Å². The number of ether oxygens (including phenoxy) is 1. The van der Waals surface area contributed by atoms with Crippen LogP contribution in [0.1, 0.15) is 42.0 Å². The summed E-state index contributed by atoms with van der Waals surface area (Å²) in [5.41, 5.74) is 6.13. The van der Waals surface area contributed by atoms with Gasteiger partial charge in [0.1, 0.15) is 5.75 Å². The highest BCUT2D eigenvalue weighted by Gasteiger charge is 2.13. The number of nitrogens with zero attached hydrogens (tertiary/aromatic N) is 1. The van der Waals surface area contributed by atoms with Crippen molar-refractivity contribution in [3.63, 3.8) is 0 Å². The topological polar surface area (TPSA) is 91.2 Å². The number of hydrazone groups is 1. The summed E-state index contributed by atoms with van der Waals surface area (Å²) in [6, 6.07) is 8.34. The lowest BCUT2D eigenvalue weighted by Gasteiger charge is -2.17. The Morgan fingerprint density at radius 1 is 1.19 bits per heavy atom. The Labute approximate surface area is 153 Å². The van der Waals surface area contributed by atoms with Gasteiger partial charge in [0.15, 0.2) is 18.1 Å². The van der Waals surface area contributed by atoms with Gasteiger partial charge in [-0.3, -0.25) is 4.79 Å². The zero-order valence-corrected chi connectivity index (χ0v) is 15.4. The number of hydrogen-bond donors (Lipinski definition) is 3. The average molecular weight is 356 g/mol. The first-order valence-corrected chi connectivity index (χ1v) is 8.35. The first-order chi connectivity index (χ1) is 12.3. The predicted molar refractivity (Wildman–Crippen MR) is 101 cm³/mol. The lowest BCUT2D eigenvalue weighted by atomic mass is 9.97. The zero-order chi connectivity index (χ0) is 19.3. The first kappa shape index (κ1) is 19.3. The van der Waals surface area contributed by atoms with E-state index in [1.807, 2.05) is 19.9 Å². The molecule has 1 amide bonds. The number of aromatic hydroxyl groups is 2. The van der Waals surface area contributed by atoms with E-state index in [1.54, 1.807) is 6.07 Å². The number of carbonyl (C=O) groups excluding carboxylic acids is 1. The smallest absolute Gasteiger partial charge is 0.277 e. The minimum absolute atomic E-state index is 0.151. The molecule has 0 aliphatic rings. The second-order valence-corrected chi connectivity index (χ2v) is 6.48. The van der Waals surface area contributed by atoms with Gasteiger partial charge in [-0.1, -0.05) is 31.5 Å². The maximum atomic E-state index is 11.9. The highest BCUT2D eigenvalue weighted by Crippen LogP contribution is 2.31. The van der Waals surface area contributed by atoms with Gasteiger partial charge in [-0.05, 0) is 54.7 Å². The molecule has 0 heterocycles. The molecule has 0 saturated heterocycles. The fourth-order valence-corrected chi connectivity index (χ4v) is 2.58. The van der Waals surface area contributed by atoms with Gasteiger partial charge in [-0.15, -0.1) is 0 Å². The molecule has 2 aromatic carbocycles. The standard InChI is InChI=1S/C20H24N2O4/c1-12(2)16-8-13(3)7-14(4)20(16)26-11-19(25)22-21-10-15-5-6-17(23)18(24)9-15/h5-10,12,23-24H,11H2,1-4H3,(H,22,25)/b21-10+. The quantitative estimate of drug-likeness (QED) is 0.420. The Bertz CT molecular complexity index is 829. The van der Waals surface area contributed by atoms with Gasteiger partial charge in [0.25, 0.3) is 5.91 Å². The predicted octanol–water partition coefficient (Wildman–Crippen LogP) is 3.37. The molecule has 0 spiro atoms. The molecule has 2 rings (SSSR count). The maximum Gasteiger partial charge on any atom is 0.277 e. The van der Waals surface area contributed by atoms with E-state index < -0.39 is 0 Å². The van der Waals surface area contributed by atoms with Crippen LogP contribution in [-0.4, -0.2) is 28.9 Å². The molecule has 3 N–H and O–H groups in total. The van der Waals surface area contributed by atoms with Crippen LogP contribution in [0, 0.1) is 13.8 Å². The highest BCUT2D eigenvalue weighted by molar-refractivity contribution is 5.83. The summed E-state index contributed by atoms with van der Waals surface area (Å²) in [4.78, 5) is 11.9. The van der Waals surface area contributed by atoms with E-state index in [0.29, 0.717) is 5.56 Å². The zero-order valence-electron chi connectivity index (χ0n) is 15.4. The van der Waals surface area contributed by atoms with E-state index >= 15 is 0 Å². The highest BCUT2D eigenvalue weighted by atomic mass is 16.5. The van der Waals surface area contributed by atoms with Crippen LogP contribution in [0.2, 0.25) is 0 Å². The van der Waals surface area contributed by atoms with E-state index in [9.17, 15) is 15.0 Å². The summed E-state index contributed by atoms with van der Waals surface area (Å²) in [5, 5.41) is 22.5. The molecule has 6 nitrogen and oxygen atoms in total. The van der Waals surface area contributed by atoms with Crippen LogP contribution < -0.4 is 10.2 Å². The van der Waals surface area contributed by atoms with Crippen molar-refractivity contribution in [2.75, 3.05) is 6.61 Å². The maximum absolute atomic E-state index is 11.9. The fraction of sp³-hybridized carbons (Fsp3) is 0.300. The number of amides is 1. The Morgan fingerprint density at radius 3 is 2.58 bits per heavy atom. The molecule has 138 valence electrons. The third kappa shape index (κ3) is 4.99. The Morgan fingerprint density at radius 2 is 1.92 bits per heavy atom. The minimum atomic E-state index is -0.390. The van der Waals surface area contributed by atoms with Crippen LogP contribution in [0.5, 0.6) is 17.2 Å². The summed E-state index contributed by atoms with van der Waals surface area (Å²) < 4.78 is 5.72. The van der Waals surface area contributed by atoms with E-state index in [0.717, 1.165) is 22.4 Å². The van der Waals surface area contributed by atoms with Crippen molar-refractivity contribution in [2.24, 2.45) is 5.10 Å². The molecular formula is C20H24N2O4. The van der Waals surface area contributed by atoms with Crippen molar-refractivity contribution in [1.29, 1.82) is 0 Å². The molecule has 0 unspecified atom stereocenters. The van der Waals surface area contributed by atoms with Crippen molar-refractivity contribution in [2.45, 2.75) is 33.6 Å². The van der Waals surface area contributed by atoms with Gasteiger partial charge in [-0.25, -0.2) is 5.43 Å². The SMILES string of the molecule is Cc1cc(C)c(OCC(=O)N/N=C/c2ccc(O)c(O)c2)c(C(C)C)c1. The number of aryl methyl sites for hydroxylation is 2. The summed E-state index contributed by atoms with van der Waals surface area (Å²) >= 11 is 0. The van der Waals surface area contributed by atoms with Gasteiger partial charge >= 0.3 is 0 Å². The van der Waals surface area contributed by atoms with Crippen LogP contribution in [-0.2, 0) is 4.79 Å². The average Bonchev–Trinajstić information content (AvgIpc) is 2.56. The summed E-state index contributed by atoms with van der Waals surface area (Å²) in [5.74, 6) is 0.160. The molecule has 0 aliphatic carbocycles. The van der Waals surface area contributed by atoms with Gasteiger partial charge in [0.05, 0.1) is 6.21 Å². The third-order valence-electron chi connectivity index (χ3n) is 3.82. The molecule has 0 radical (unpaired) electrons. The Balaban J connectivity index is 1.97. The van der Waals surface area contributed by atoms with Crippen LogP contribution in [0.4, 0.5) is 0 Å². The number of carbonyl (C=O) groups is 1. The number of phenolic OH excluding ortho intramolecular Hbond substituents is 2. The number of nitrogens with one attached hydrogen (secondary N) is 1. The van der Waals surface area contributed by atoms with Crippen molar-refractivity contribution in [3.05, 3.63) is 52.6 Å². The van der Waals surface area contributed by atoms with E-state index in [4.69, 9.17) is 4.74 Å². The molecule has 0 atom stereocenters.